The van der Waals surface area contributed by atoms with Gasteiger partial charge in [0.15, 0.2) is 11.7 Å². The Balaban J connectivity index is 2.14. The number of hydrogen-bond acceptors (Lipinski definition) is 5. The van der Waals surface area contributed by atoms with Crippen LogP contribution >= 0.6 is 0 Å². The van der Waals surface area contributed by atoms with Gasteiger partial charge in [-0.3, -0.25) is 14.6 Å². The predicted octanol–water partition coefficient (Wildman–Crippen LogP) is 1.56. The number of carbonyl (C=O) groups excluding carboxylic acids is 2. The number of carbonyl (C=O) groups is 2. The van der Waals surface area contributed by atoms with E-state index in [1.54, 1.807) is 7.11 Å². The molecule has 0 aromatic heterocycles. The van der Waals surface area contributed by atoms with E-state index >= 15 is 0 Å². The fraction of sp³-hybridized carbons (Fsp3) is 0.267. The second-order valence-corrected chi connectivity index (χ2v) is 4.40. The molecule has 20 heavy (non-hydrogen) atoms. The second-order valence-electron chi connectivity index (χ2n) is 4.40. The Bertz CT molecular complexity index is 586. The summed E-state index contributed by atoms with van der Waals surface area (Å²) >= 11 is 0. The highest BCUT2D eigenvalue weighted by Crippen LogP contribution is 2.24. The van der Waals surface area contributed by atoms with Crippen molar-refractivity contribution in [3.63, 3.8) is 0 Å². The lowest BCUT2D eigenvalue weighted by atomic mass is 9.98. The number of methoxy groups -OCH3 is 2. The topological polar surface area (TPSA) is 65.0 Å². The van der Waals surface area contributed by atoms with Gasteiger partial charge in [-0.2, -0.15) is 0 Å². The van der Waals surface area contributed by atoms with E-state index in [-0.39, 0.29) is 11.5 Å². The van der Waals surface area contributed by atoms with Crippen LogP contribution in [0.1, 0.15) is 5.56 Å². The monoisotopic (exact) mass is 273 g/mol. The van der Waals surface area contributed by atoms with Crippen molar-refractivity contribution in [3.8, 4) is 5.75 Å². The molecule has 5 heteroatoms. The van der Waals surface area contributed by atoms with Gasteiger partial charge < -0.3 is 9.47 Å². The van der Waals surface area contributed by atoms with Gasteiger partial charge in [0, 0.05) is 6.42 Å². The van der Waals surface area contributed by atoms with E-state index in [9.17, 15) is 9.59 Å². The van der Waals surface area contributed by atoms with Crippen LogP contribution in [0.15, 0.2) is 41.5 Å². The van der Waals surface area contributed by atoms with Crippen molar-refractivity contribution in [2.24, 2.45) is 10.9 Å². The number of benzene rings is 1. The summed E-state index contributed by atoms with van der Waals surface area (Å²) in [6.07, 6.45) is 0.356. The number of esters is 1. The highest BCUT2D eigenvalue weighted by molar-refractivity contribution is 6.46. The lowest BCUT2D eigenvalue weighted by molar-refractivity contribution is -0.146. The summed E-state index contributed by atoms with van der Waals surface area (Å²) in [5.41, 5.74) is 1.48. The minimum atomic E-state index is -0.992. The summed E-state index contributed by atoms with van der Waals surface area (Å²) in [4.78, 5) is 27.7. The third-order valence-corrected chi connectivity index (χ3v) is 3.13. The van der Waals surface area contributed by atoms with Crippen molar-refractivity contribution in [2.45, 2.75) is 6.42 Å². The summed E-state index contributed by atoms with van der Waals surface area (Å²) in [5, 5.41) is 0. The largest absolute Gasteiger partial charge is 0.497 e. The van der Waals surface area contributed by atoms with Gasteiger partial charge in [-0.05, 0) is 17.7 Å². The van der Waals surface area contributed by atoms with E-state index in [4.69, 9.17) is 4.74 Å². The molecule has 0 radical (unpaired) electrons. The second kappa shape index (κ2) is 5.69. The molecule has 0 spiro atoms. The van der Waals surface area contributed by atoms with Crippen LogP contribution in [0.25, 0.3) is 0 Å². The molecule has 0 bridgehead atoms. The molecule has 1 aromatic carbocycles. The molecule has 1 heterocycles. The number of aliphatic imine (C=N–C) groups is 1. The summed E-state index contributed by atoms with van der Waals surface area (Å²) in [6.45, 7) is 3.65. The average Bonchev–Trinajstić information content (AvgIpc) is 2.73. The molecular weight excluding hydrogens is 258 g/mol. The first kappa shape index (κ1) is 14.0. The van der Waals surface area contributed by atoms with Crippen molar-refractivity contribution in [1.82, 2.24) is 0 Å². The number of Topliss-reactive ketones (excluding diaryl/α,β-unsaturated/α-hetero) is 1. The minimum absolute atomic E-state index is 0.241. The first-order valence-corrected chi connectivity index (χ1v) is 6.08. The molecule has 1 atom stereocenters. The Kier molecular flexibility index (Phi) is 3.98. The van der Waals surface area contributed by atoms with Crippen LogP contribution in [0.2, 0.25) is 0 Å². The van der Waals surface area contributed by atoms with E-state index in [1.807, 2.05) is 24.3 Å². The standard InChI is InChI=1S/C15H15NO4/c1-9-13(15(18)20-3)14(17)12(16-9)8-10-4-6-11(19-2)7-5-10/h4-7,13H,1,8H2,2-3H3/t13-/m0/s1. The molecular formula is C15H15NO4. The maximum Gasteiger partial charge on any atom is 0.322 e. The van der Waals surface area contributed by atoms with Gasteiger partial charge in [0.1, 0.15) is 5.75 Å². The Labute approximate surface area is 116 Å². The first-order valence-electron chi connectivity index (χ1n) is 6.08. The van der Waals surface area contributed by atoms with Gasteiger partial charge in [0.2, 0.25) is 0 Å². The molecule has 0 aliphatic carbocycles. The van der Waals surface area contributed by atoms with Gasteiger partial charge in [-0.1, -0.05) is 18.7 Å². The lowest BCUT2D eigenvalue weighted by Crippen LogP contribution is -2.27. The first-order chi connectivity index (χ1) is 9.56. The predicted molar refractivity (Wildman–Crippen MR) is 73.8 cm³/mol. The van der Waals surface area contributed by atoms with E-state index in [2.05, 4.69) is 16.3 Å². The zero-order chi connectivity index (χ0) is 14.7. The van der Waals surface area contributed by atoms with Crippen LogP contribution in [-0.4, -0.2) is 31.7 Å². The van der Waals surface area contributed by atoms with Crippen LogP contribution in [0.5, 0.6) is 5.75 Å². The van der Waals surface area contributed by atoms with Crippen LogP contribution < -0.4 is 4.74 Å². The number of ketones is 1. The van der Waals surface area contributed by atoms with Crippen molar-refractivity contribution >= 4 is 17.5 Å². The molecule has 1 aromatic rings. The van der Waals surface area contributed by atoms with E-state index < -0.39 is 11.9 Å². The summed E-state index contributed by atoms with van der Waals surface area (Å²) < 4.78 is 9.66. The molecule has 0 N–H and O–H groups in total. The molecule has 5 nitrogen and oxygen atoms in total. The third-order valence-electron chi connectivity index (χ3n) is 3.13. The molecule has 0 unspecified atom stereocenters. The van der Waals surface area contributed by atoms with Crippen molar-refractivity contribution in [1.29, 1.82) is 0 Å². The number of nitrogens with zero attached hydrogens (tertiary/aromatic N) is 1. The molecule has 1 aliphatic heterocycles. The maximum absolute atomic E-state index is 12.1. The fourth-order valence-electron chi connectivity index (χ4n) is 2.04. The lowest BCUT2D eigenvalue weighted by Gasteiger charge is -2.06. The van der Waals surface area contributed by atoms with Crippen LogP contribution in [-0.2, 0) is 20.7 Å². The van der Waals surface area contributed by atoms with Gasteiger partial charge in [-0.15, -0.1) is 0 Å². The van der Waals surface area contributed by atoms with Crippen LogP contribution in [0.3, 0.4) is 0 Å². The van der Waals surface area contributed by atoms with Crippen molar-refractivity contribution in [3.05, 3.63) is 42.1 Å². The molecule has 0 saturated carbocycles. The van der Waals surface area contributed by atoms with Gasteiger partial charge >= 0.3 is 5.97 Å². The summed E-state index contributed by atoms with van der Waals surface area (Å²) in [6, 6.07) is 7.32. The number of rotatable bonds is 4. The third kappa shape index (κ3) is 2.61. The summed E-state index contributed by atoms with van der Waals surface area (Å²) in [5.74, 6) is -1.20. The van der Waals surface area contributed by atoms with Crippen molar-refractivity contribution < 1.29 is 19.1 Å². The quantitative estimate of drug-likeness (QED) is 0.617. The Morgan fingerprint density at radius 1 is 1.30 bits per heavy atom. The summed E-state index contributed by atoms with van der Waals surface area (Å²) in [7, 11) is 2.83. The van der Waals surface area contributed by atoms with E-state index in [1.165, 1.54) is 7.11 Å². The normalized spacial score (nSPS) is 17.9. The number of hydrogen-bond donors (Lipinski definition) is 0. The number of ether oxygens (including phenoxy) is 2. The van der Waals surface area contributed by atoms with E-state index in [0.717, 1.165) is 11.3 Å². The maximum atomic E-state index is 12.1. The van der Waals surface area contributed by atoms with Crippen LogP contribution in [0.4, 0.5) is 0 Å². The van der Waals surface area contributed by atoms with Gasteiger partial charge in [-0.25, -0.2) is 0 Å². The van der Waals surface area contributed by atoms with Gasteiger partial charge in [0.05, 0.1) is 25.6 Å². The molecule has 0 saturated heterocycles. The molecule has 0 fully saturated rings. The Morgan fingerprint density at radius 2 is 1.95 bits per heavy atom. The van der Waals surface area contributed by atoms with Crippen molar-refractivity contribution in [2.75, 3.05) is 14.2 Å². The molecule has 0 amide bonds. The molecule has 104 valence electrons. The molecule has 2 rings (SSSR count). The SMILES string of the molecule is C=C1N=C(Cc2ccc(OC)cc2)C(=O)[C@H]1C(=O)OC. The Hall–Kier alpha value is -2.43. The highest BCUT2D eigenvalue weighted by Gasteiger charge is 2.38. The fourth-order valence-corrected chi connectivity index (χ4v) is 2.04. The Morgan fingerprint density at radius 3 is 2.50 bits per heavy atom. The van der Waals surface area contributed by atoms with Gasteiger partial charge in [0.25, 0.3) is 0 Å². The van der Waals surface area contributed by atoms with Crippen LogP contribution in [0, 0.1) is 5.92 Å². The minimum Gasteiger partial charge on any atom is -0.497 e. The highest BCUT2D eigenvalue weighted by atomic mass is 16.5. The average molecular weight is 273 g/mol. The zero-order valence-electron chi connectivity index (χ0n) is 11.4. The van der Waals surface area contributed by atoms with E-state index in [0.29, 0.717) is 12.1 Å². The zero-order valence-corrected chi connectivity index (χ0v) is 11.4. The smallest absolute Gasteiger partial charge is 0.322 e. The molecule has 1 aliphatic rings.